The topological polar surface area (TPSA) is 9.23 Å². The summed E-state index contributed by atoms with van der Waals surface area (Å²) in [6.07, 6.45) is 20.1. The van der Waals surface area contributed by atoms with Gasteiger partial charge in [0, 0.05) is 0 Å². The van der Waals surface area contributed by atoms with Crippen molar-refractivity contribution in [3.8, 4) is 5.75 Å². The second kappa shape index (κ2) is 11.2. The molecule has 2 aromatic rings. The van der Waals surface area contributed by atoms with Gasteiger partial charge in [-0.05, 0) is 97.6 Å². The summed E-state index contributed by atoms with van der Waals surface area (Å²) in [4.78, 5) is 0. The third kappa shape index (κ3) is 6.15. The van der Waals surface area contributed by atoms with E-state index < -0.39 is 0 Å². The molecule has 2 aromatic carbocycles. The van der Waals surface area contributed by atoms with Gasteiger partial charge >= 0.3 is 0 Å². The standard InChI is InChI=1S/C30H42O/c1-3-5-20-31-30-19-18-28-21-25(12-17-29(28)22-30)7-6-24-10-15-27(16-11-24)26-13-8-23(4-2)9-14-26/h3,5,12,17-19,21-24,26-27H,4,6-11,13-16,20H2,1-2H3. The lowest BCUT2D eigenvalue weighted by Gasteiger charge is -2.37. The van der Waals surface area contributed by atoms with Crippen LogP contribution in [0.1, 0.15) is 83.6 Å². The minimum absolute atomic E-state index is 0.641. The maximum Gasteiger partial charge on any atom is 0.120 e. The summed E-state index contributed by atoms with van der Waals surface area (Å²) in [6, 6.07) is 13.5. The summed E-state index contributed by atoms with van der Waals surface area (Å²) in [6.45, 7) is 5.04. The molecule has 0 N–H and O–H groups in total. The van der Waals surface area contributed by atoms with E-state index in [2.05, 4.69) is 43.3 Å². The summed E-state index contributed by atoms with van der Waals surface area (Å²) < 4.78 is 5.79. The summed E-state index contributed by atoms with van der Waals surface area (Å²) in [5.41, 5.74) is 1.50. The second-order valence-corrected chi connectivity index (χ2v) is 10.2. The summed E-state index contributed by atoms with van der Waals surface area (Å²) in [5.74, 6) is 5.03. The molecule has 0 spiro atoms. The van der Waals surface area contributed by atoms with E-state index in [0.717, 1.165) is 29.4 Å². The van der Waals surface area contributed by atoms with Gasteiger partial charge in [0.2, 0.25) is 0 Å². The van der Waals surface area contributed by atoms with Gasteiger partial charge in [0.25, 0.3) is 0 Å². The molecule has 0 bridgehead atoms. The summed E-state index contributed by atoms with van der Waals surface area (Å²) >= 11 is 0. The van der Waals surface area contributed by atoms with Gasteiger partial charge in [-0.3, -0.25) is 0 Å². The minimum Gasteiger partial charge on any atom is -0.490 e. The Kier molecular flexibility index (Phi) is 8.11. The predicted molar refractivity (Wildman–Crippen MR) is 134 cm³/mol. The van der Waals surface area contributed by atoms with Crippen LogP contribution in [0, 0.1) is 23.7 Å². The highest BCUT2D eigenvalue weighted by atomic mass is 16.5. The van der Waals surface area contributed by atoms with Crippen LogP contribution in [0.2, 0.25) is 0 Å². The van der Waals surface area contributed by atoms with E-state index in [1.165, 1.54) is 87.0 Å². The Balaban J connectivity index is 1.23. The minimum atomic E-state index is 0.641. The first-order valence-corrected chi connectivity index (χ1v) is 13.0. The van der Waals surface area contributed by atoms with Crippen molar-refractivity contribution in [2.75, 3.05) is 6.61 Å². The number of hydrogen-bond acceptors (Lipinski definition) is 1. The van der Waals surface area contributed by atoms with Crippen LogP contribution in [0.3, 0.4) is 0 Å². The Hall–Kier alpha value is -1.76. The van der Waals surface area contributed by atoms with Crippen molar-refractivity contribution in [3.63, 3.8) is 0 Å². The monoisotopic (exact) mass is 418 g/mol. The zero-order valence-electron chi connectivity index (χ0n) is 19.8. The molecule has 2 saturated carbocycles. The number of ether oxygens (including phenoxy) is 1. The zero-order valence-corrected chi connectivity index (χ0v) is 19.8. The van der Waals surface area contributed by atoms with E-state index in [1.807, 2.05) is 19.1 Å². The van der Waals surface area contributed by atoms with E-state index in [1.54, 1.807) is 0 Å². The van der Waals surface area contributed by atoms with E-state index in [9.17, 15) is 0 Å². The molecule has 1 nitrogen and oxygen atoms in total. The van der Waals surface area contributed by atoms with E-state index in [0.29, 0.717) is 6.61 Å². The van der Waals surface area contributed by atoms with E-state index >= 15 is 0 Å². The SMILES string of the molecule is CC=CCOc1ccc2cc(CCC3CCC(C4CCC(CC)CC4)CC3)ccc2c1. The van der Waals surface area contributed by atoms with Crippen LogP contribution in [-0.2, 0) is 6.42 Å². The Labute approximate surface area is 190 Å². The second-order valence-electron chi connectivity index (χ2n) is 10.2. The van der Waals surface area contributed by atoms with Gasteiger partial charge in [-0.2, -0.15) is 0 Å². The Morgan fingerprint density at radius 2 is 1.45 bits per heavy atom. The van der Waals surface area contributed by atoms with Crippen LogP contribution in [0.5, 0.6) is 5.75 Å². The molecule has 0 aromatic heterocycles. The first kappa shape index (κ1) is 22.4. The van der Waals surface area contributed by atoms with Gasteiger partial charge in [-0.25, -0.2) is 0 Å². The highest BCUT2D eigenvalue weighted by Crippen LogP contribution is 2.42. The molecule has 0 heterocycles. The highest BCUT2D eigenvalue weighted by molar-refractivity contribution is 5.84. The van der Waals surface area contributed by atoms with Crippen LogP contribution >= 0.6 is 0 Å². The van der Waals surface area contributed by atoms with Crippen LogP contribution in [0.15, 0.2) is 48.6 Å². The lowest BCUT2D eigenvalue weighted by molar-refractivity contribution is 0.142. The van der Waals surface area contributed by atoms with E-state index in [-0.39, 0.29) is 0 Å². The Bertz CT molecular complexity index is 835. The van der Waals surface area contributed by atoms with Crippen molar-refractivity contribution in [2.45, 2.75) is 84.5 Å². The fourth-order valence-corrected chi connectivity index (χ4v) is 6.15. The fourth-order valence-electron chi connectivity index (χ4n) is 6.15. The van der Waals surface area contributed by atoms with Gasteiger partial charge < -0.3 is 4.74 Å². The molecule has 0 amide bonds. The first-order valence-electron chi connectivity index (χ1n) is 13.0. The first-order chi connectivity index (χ1) is 15.2. The molecule has 2 fully saturated rings. The smallest absolute Gasteiger partial charge is 0.120 e. The number of rotatable bonds is 8. The van der Waals surface area contributed by atoms with E-state index in [4.69, 9.17) is 4.74 Å². The third-order valence-electron chi connectivity index (χ3n) is 8.33. The van der Waals surface area contributed by atoms with Crippen molar-refractivity contribution in [3.05, 3.63) is 54.1 Å². The molecule has 4 rings (SSSR count). The van der Waals surface area contributed by atoms with Crippen LogP contribution < -0.4 is 4.74 Å². The van der Waals surface area contributed by atoms with Crippen LogP contribution in [0.25, 0.3) is 10.8 Å². The van der Waals surface area contributed by atoms with Gasteiger partial charge in [-0.15, -0.1) is 0 Å². The Morgan fingerprint density at radius 3 is 2.13 bits per heavy atom. The quantitative estimate of drug-likeness (QED) is 0.389. The van der Waals surface area contributed by atoms with Gasteiger partial charge in [0.15, 0.2) is 0 Å². The van der Waals surface area contributed by atoms with Crippen molar-refractivity contribution in [2.24, 2.45) is 23.7 Å². The van der Waals surface area contributed by atoms with Gasteiger partial charge in [0.1, 0.15) is 12.4 Å². The fraction of sp³-hybridized carbons (Fsp3) is 0.600. The zero-order chi connectivity index (χ0) is 21.5. The largest absolute Gasteiger partial charge is 0.490 e. The van der Waals surface area contributed by atoms with Gasteiger partial charge in [0.05, 0.1) is 0 Å². The van der Waals surface area contributed by atoms with Crippen LogP contribution in [-0.4, -0.2) is 6.61 Å². The van der Waals surface area contributed by atoms with Gasteiger partial charge in [-0.1, -0.05) is 75.4 Å². The molecule has 0 radical (unpaired) electrons. The number of hydrogen-bond donors (Lipinski definition) is 0. The molecule has 0 unspecified atom stereocenters. The normalized spacial score (nSPS) is 27.0. The predicted octanol–water partition coefficient (Wildman–Crippen LogP) is 8.75. The average Bonchev–Trinajstić information content (AvgIpc) is 2.83. The average molecular weight is 419 g/mol. The molecule has 2 aliphatic rings. The number of fused-ring (bicyclic) bond motifs is 1. The Morgan fingerprint density at radius 1 is 0.806 bits per heavy atom. The molecule has 0 aliphatic heterocycles. The molecule has 31 heavy (non-hydrogen) atoms. The van der Waals surface area contributed by atoms with Crippen molar-refractivity contribution in [1.29, 1.82) is 0 Å². The lowest BCUT2D eigenvalue weighted by atomic mass is 9.68. The number of aryl methyl sites for hydroxylation is 1. The van der Waals surface area contributed by atoms with Crippen molar-refractivity contribution in [1.82, 2.24) is 0 Å². The van der Waals surface area contributed by atoms with Crippen LogP contribution in [0.4, 0.5) is 0 Å². The maximum atomic E-state index is 5.79. The highest BCUT2D eigenvalue weighted by Gasteiger charge is 2.30. The van der Waals surface area contributed by atoms with Crippen molar-refractivity contribution < 1.29 is 4.74 Å². The van der Waals surface area contributed by atoms with Crippen molar-refractivity contribution >= 4 is 10.8 Å². The molecule has 0 atom stereocenters. The molecular weight excluding hydrogens is 376 g/mol. The summed E-state index contributed by atoms with van der Waals surface area (Å²) in [5, 5.41) is 2.61. The molecule has 168 valence electrons. The molecule has 1 heteroatoms. The molecular formula is C30H42O. The number of allylic oxidation sites excluding steroid dienone is 1. The lowest BCUT2D eigenvalue weighted by Crippen LogP contribution is -2.25. The third-order valence-corrected chi connectivity index (χ3v) is 8.33. The summed E-state index contributed by atoms with van der Waals surface area (Å²) in [7, 11) is 0. The molecule has 0 saturated heterocycles. The molecule has 2 aliphatic carbocycles. The maximum absolute atomic E-state index is 5.79. The number of benzene rings is 2.